The van der Waals surface area contributed by atoms with Gasteiger partial charge < -0.3 is 20.5 Å². The van der Waals surface area contributed by atoms with E-state index in [-0.39, 0.29) is 18.6 Å². The van der Waals surface area contributed by atoms with Crippen molar-refractivity contribution < 1.29 is 23.5 Å². The van der Waals surface area contributed by atoms with Crippen molar-refractivity contribution in [3.63, 3.8) is 0 Å². The van der Waals surface area contributed by atoms with E-state index in [1.807, 2.05) is 0 Å². The number of nitrogens with one attached hydrogen (secondary N) is 1. The molecule has 1 aromatic heterocycles. The van der Waals surface area contributed by atoms with Crippen LogP contribution in [0, 0.1) is 0 Å². The standard InChI is InChI=1S/C17H18FN3O4/c1-17(18)7-10(21-16(17)23)8-25-15-11-6-13(24-2)12(14(19)22)5-9(11)3-4-20-15/h3-6,10H,7-8H2,1-2H3,(H2,19,22)(H,21,23)/t10-,17-/m0/s1. The largest absolute Gasteiger partial charge is 0.496 e. The molecule has 0 bridgehead atoms. The van der Waals surface area contributed by atoms with Gasteiger partial charge in [-0.25, -0.2) is 9.37 Å². The van der Waals surface area contributed by atoms with Crippen LogP contribution in [-0.4, -0.2) is 42.2 Å². The van der Waals surface area contributed by atoms with Gasteiger partial charge in [-0.05, 0) is 30.5 Å². The lowest BCUT2D eigenvalue weighted by molar-refractivity contribution is -0.128. The predicted octanol–water partition coefficient (Wildman–Crippen LogP) is 1.34. The molecule has 1 aliphatic rings. The van der Waals surface area contributed by atoms with Gasteiger partial charge in [0.15, 0.2) is 5.67 Å². The van der Waals surface area contributed by atoms with Crippen molar-refractivity contribution >= 4 is 22.6 Å². The molecule has 0 saturated carbocycles. The number of hydrogen-bond donors (Lipinski definition) is 2. The van der Waals surface area contributed by atoms with Gasteiger partial charge in [0, 0.05) is 18.0 Å². The summed E-state index contributed by atoms with van der Waals surface area (Å²) in [5.41, 5.74) is 3.72. The molecule has 3 rings (SSSR count). The molecule has 8 heteroatoms. The summed E-state index contributed by atoms with van der Waals surface area (Å²) in [5, 5.41) is 3.88. The first-order chi connectivity index (χ1) is 11.8. The molecule has 2 aromatic rings. The number of ether oxygens (including phenoxy) is 2. The number of primary amides is 1. The molecule has 2 heterocycles. The lowest BCUT2D eigenvalue weighted by atomic mass is 10.0. The van der Waals surface area contributed by atoms with E-state index < -0.39 is 23.5 Å². The fraction of sp³-hybridized carbons (Fsp3) is 0.353. The lowest BCUT2D eigenvalue weighted by Gasteiger charge is -2.14. The second kappa shape index (κ2) is 6.19. The molecule has 2 amide bonds. The van der Waals surface area contributed by atoms with E-state index in [9.17, 15) is 14.0 Å². The van der Waals surface area contributed by atoms with Crippen LogP contribution in [0.15, 0.2) is 24.4 Å². The Balaban J connectivity index is 1.87. The first-order valence-corrected chi connectivity index (χ1v) is 7.71. The Morgan fingerprint density at radius 2 is 2.28 bits per heavy atom. The maximum absolute atomic E-state index is 13.9. The number of nitrogens with two attached hydrogens (primary N) is 1. The smallest absolute Gasteiger partial charge is 0.257 e. The van der Waals surface area contributed by atoms with Gasteiger partial charge in [0.05, 0.1) is 18.7 Å². The van der Waals surface area contributed by atoms with Crippen molar-refractivity contribution in [2.45, 2.75) is 25.1 Å². The quantitative estimate of drug-likeness (QED) is 0.849. The number of halogens is 1. The number of rotatable bonds is 5. The molecule has 3 N–H and O–H groups in total. The second-order valence-corrected chi connectivity index (χ2v) is 6.14. The summed E-state index contributed by atoms with van der Waals surface area (Å²) < 4.78 is 24.8. The number of carbonyl (C=O) groups is 2. The molecular weight excluding hydrogens is 329 g/mol. The second-order valence-electron chi connectivity index (χ2n) is 6.14. The monoisotopic (exact) mass is 347 g/mol. The molecule has 0 radical (unpaired) electrons. The van der Waals surface area contributed by atoms with Gasteiger partial charge in [-0.3, -0.25) is 9.59 Å². The average Bonchev–Trinajstić information content (AvgIpc) is 2.83. The van der Waals surface area contributed by atoms with E-state index in [2.05, 4.69) is 10.3 Å². The third kappa shape index (κ3) is 3.19. The summed E-state index contributed by atoms with van der Waals surface area (Å²) in [5.74, 6) is -0.634. The number of fused-ring (bicyclic) bond motifs is 1. The number of benzene rings is 1. The summed E-state index contributed by atoms with van der Waals surface area (Å²) >= 11 is 0. The Labute approximate surface area is 143 Å². The topological polar surface area (TPSA) is 104 Å². The van der Waals surface area contributed by atoms with Crippen molar-refractivity contribution in [2.75, 3.05) is 13.7 Å². The van der Waals surface area contributed by atoms with E-state index in [4.69, 9.17) is 15.2 Å². The summed E-state index contributed by atoms with van der Waals surface area (Å²) in [6, 6.07) is 4.49. The molecular formula is C17H18FN3O4. The summed E-state index contributed by atoms with van der Waals surface area (Å²) in [6.45, 7) is 1.33. The summed E-state index contributed by atoms with van der Waals surface area (Å²) in [6.07, 6.45) is 1.56. The average molecular weight is 347 g/mol. The highest BCUT2D eigenvalue weighted by molar-refractivity contribution is 6.01. The van der Waals surface area contributed by atoms with Gasteiger partial charge in [-0.1, -0.05) is 0 Å². The minimum atomic E-state index is -1.89. The van der Waals surface area contributed by atoms with Crippen LogP contribution < -0.4 is 20.5 Å². The molecule has 25 heavy (non-hydrogen) atoms. The van der Waals surface area contributed by atoms with Crippen LogP contribution in [0.5, 0.6) is 11.6 Å². The Hall–Kier alpha value is -2.90. The van der Waals surface area contributed by atoms with Gasteiger partial charge in [-0.2, -0.15) is 0 Å². The molecule has 2 atom stereocenters. The van der Waals surface area contributed by atoms with Crippen molar-refractivity contribution in [3.05, 3.63) is 30.0 Å². The number of carbonyl (C=O) groups excluding carboxylic acids is 2. The predicted molar refractivity (Wildman–Crippen MR) is 88.4 cm³/mol. The van der Waals surface area contributed by atoms with E-state index in [0.717, 1.165) is 0 Å². The zero-order valence-electron chi connectivity index (χ0n) is 13.8. The summed E-state index contributed by atoms with van der Waals surface area (Å²) in [4.78, 5) is 27.2. The van der Waals surface area contributed by atoms with Gasteiger partial charge in [0.2, 0.25) is 5.88 Å². The number of alkyl halides is 1. The molecule has 0 unspecified atom stereocenters. The molecule has 1 aliphatic heterocycles. The molecule has 1 fully saturated rings. The van der Waals surface area contributed by atoms with E-state index in [1.54, 1.807) is 18.2 Å². The minimum absolute atomic E-state index is 0.0335. The van der Waals surface area contributed by atoms with Crippen LogP contribution in [0.4, 0.5) is 4.39 Å². The Morgan fingerprint density at radius 3 is 2.88 bits per heavy atom. The van der Waals surface area contributed by atoms with Crippen molar-refractivity contribution in [2.24, 2.45) is 5.73 Å². The normalized spacial score (nSPS) is 22.7. The van der Waals surface area contributed by atoms with Crippen molar-refractivity contribution in [3.8, 4) is 11.6 Å². The van der Waals surface area contributed by atoms with E-state index in [0.29, 0.717) is 22.4 Å². The molecule has 1 saturated heterocycles. The maximum Gasteiger partial charge on any atom is 0.257 e. The highest BCUT2D eigenvalue weighted by Crippen LogP contribution is 2.31. The van der Waals surface area contributed by atoms with Gasteiger partial charge in [0.1, 0.15) is 12.4 Å². The van der Waals surface area contributed by atoms with Crippen molar-refractivity contribution in [1.82, 2.24) is 10.3 Å². The van der Waals surface area contributed by atoms with Crippen LogP contribution in [0.1, 0.15) is 23.7 Å². The number of nitrogens with zero attached hydrogens (tertiary/aromatic N) is 1. The lowest BCUT2D eigenvalue weighted by Crippen LogP contribution is -2.33. The van der Waals surface area contributed by atoms with Gasteiger partial charge in [-0.15, -0.1) is 0 Å². The van der Waals surface area contributed by atoms with Gasteiger partial charge in [0.25, 0.3) is 11.8 Å². The number of amides is 2. The number of methoxy groups -OCH3 is 1. The number of hydrogen-bond acceptors (Lipinski definition) is 5. The Morgan fingerprint density at radius 1 is 1.52 bits per heavy atom. The summed E-state index contributed by atoms with van der Waals surface area (Å²) in [7, 11) is 1.43. The van der Waals surface area contributed by atoms with Crippen LogP contribution in [-0.2, 0) is 4.79 Å². The fourth-order valence-electron chi connectivity index (χ4n) is 2.87. The molecule has 132 valence electrons. The van der Waals surface area contributed by atoms with Crippen LogP contribution >= 0.6 is 0 Å². The highest BCUT2D eigenvalue weighted by atomic mass is 19.1. The molecule has 0 spiro atoms. The third-order valence-corrected chi connectivity index (χ3v) is 4.17. The SMILES string of the molecule is COc1cc2c(OC[C@@H]3C[C@](C)(F)C(=O)N3)nccc2cc1C(N)=O. The van der Waals surface area contributed by atoms with E-state index in [1.165, 1.54) is 20.2 Å². The molecule has 1 aromatic carbocycles. The van der Waals surface area contributed by atoms with Gasteiger partial charge >= 0.3 is 0 Å². The molecule has 7 nitrogen and oxygen atoms in total. The Kier molecular flexibility index (Phi) is 4.20. The van der Waals surface area contributed by atoms with Crippen LogP contribution in [0.2, 0.25) is 0 Å². The number of aromatic nitrogens is 1. The van der Waals surface area contributed by atoms with Crippen LogP contribution in [0.25, 0.3) is 10.8 Å². The van der Waals surface area contributed by atoms with Crippen LogP contribution in [0.3, 0.4) is 0 Å². The Bertz CT molecular complexity index is 853. The third-order valence-electron chi connectivity index (χ3n) is 4.17. The maximum atomic E-state index is 13.9. The fourth-order valence-corrected chi connectivity index (χ4v) is 2.87. The first-order valence-electron chi connectivity index (χ1n) is 7.71. The minimum Gasteiger partial charge on any atom is -0.496 e. The first kappa shape index (κ1) is 16.9. The zero-order valence-corrected chi connectivity index (χ0v) is 13.8. The molecule has 0 aliphatic carbocycles. The zero-order chi connectivity index (χ0) is 18.2. The van der Waals surface area contributed by atoms with E-state index >= 15 is 0 Å². The highest BCUT2D eigenvalue weighted by Gasteiger charge is 2.43. The van der Waals surface area contributed by atoms with Crippen molar-refractivity contribution in [1.29, 1.82) is 0 Å². The number of pyridine rings is 1.